The molecule has 0 unspecified atom stereocenters. The summed E-state index contributed by atoms with van der Waals surface area (Å²) in [7, 11) is 1.82. The minimum absolute atomic E-state index is 0.0217. The van der Waals surface area contributed by atoms with E-state index in [0.717, 1.165) is 5.69 Å². The maximum absolute atomic E-state index is 10.9. The molecule has 0 aliphatic carbocycles. The lowest BCUT2D eigenvalue weighted by atomic mass is 10.1. The van der Waals surface area contributed by atoms with E-state index in [-0.39, 0.29) is 5.69 Å². The molecule has 0 bridgehead atoms. The Balaban J connectivity index is 1.95. The number of aromatic nitrogens is 3. The zero-order valence-corrected chi connectivity index (χ0v) is 13.6. The van der Waals surface area contributed by atoms with E-state index in [1.807, 2.05) is 20.0 Å². The summed E-state index contributed by atoms with van der Waals surface area (Å²) in [5.74, 6) is 0.295. The number of nitro groups is 1. The van der Waals surface area contributed by atoms with Gasteiger partial charge in [0.05, 0.1) is 10.6 Å². The van der Waals surface area contributed by atoms with Crippen molar-refractivity contribution in [2.45, 2.75) is 6.92 Å². The fourth-order valence-electron chi connectivity index (χ4n) is 2.46. The molecule has 2 heterocycles. The molecule has 0 saturated carbocycles. The summed E-state index contributed by atoms with van der Waals surface area (Å²) in [4.78, 5) is 19.0. The molecule has 0 fully saturated rings. The predicted molar refractivity (Wildman–Crippen MR) is 92.3 cm³/mol. The SMILES string of the molecule is Cc1cc(-c2ccnc(Nc3cccc([N+](=O)[O-])c3)n2)c(C#N)n1C. The molecule has 8 heteroatoms. The van der Waals surface area contributed by atoms with Gasteiger partial charge in [0.1, 0.15) is 11.8 Å². The Bertz CT molecular complexity index is 1000. The third-order valence-electron chi connectivity index (χ3n) is 3.82. The first kappa shape index (κ1) is 16.1. The molecule has 25 heavy (non-hydrogen) atoms. The monoisotopic (exact) mass is 334 g/mol. The van der Waals surface area contributed by atoms with Crippen LogP contribution in [0.25, 0.3) is 11.3 Å². The average molecular weight is 334 g/mol. The van der Waals surface area contributed by atoms with Crippen LogP contribution < -0.4 is 5.32 Å². The fraction of sp³-hybridized carbons (Fsp3) is 0.118. The first-order valence-electron chi connectivity index (χ1n) is 7.41. The van der Waals surface area contributed by atoms with Crippen LogP contribution in [0.1, 0.15) is 11.4 Å². The third kappa shape index (κ3) is 3.16. The van der Waals surface area contributed by atoms with Gasteiger partial charge in [-0.05, 0) is 25.1 Å². The Kier molecular flexibility index (Phi) is 4.14. The topological polar surface area (TPSA) is 110 Å². The minimum atomic E-state index is -0.464. The van der Waals surface area contributed by atoms with Crippen molar-refractivity contribution in [2.24, 2.45) is 7.05 Å². The van der Waals surface area contributed by atoms with Crippen LogP contribution in [0.5, 0.6) is 0 Å². The average Bonchev–Trinajstić information content (AvgIpc) is 2.90. The second kappa shape index (κ2) is 6.41. The van der Waals surface area contributed by atoms with Crippen LogP contribution in [0.2, 0.25) is 0 Å². The van der Waals surface area contributed by atoms with E-state index < -0.39 is 4.92 Å². The first-order valence-corrected chi connectivity index (χ1v) is 7.41. The molecule has 0 saturated heterocycles. The van der Waals surface area contributed by atoms with E-state index in [1.165, 1.54) is 12.1 Å². The highest BCUT2D eigenvalue weighted by molar-refractivity contribution is 5.68. The number of nitriles is 1. The molecule has 0 amide bonds. The van der Waals surface area contributed by atoms with Crippen LogP contribution in [0.15, 0.2) is 42.6 Å². The second-order valence-electron chi connectivity index (χ2n) is 5.42. The molecule has 0 aliphatic rings. The number of benzene rings is 1. The highest BCUT2D eigenvalue weighted by Gasteiger charge is 2.14. The summed E-state index contributed by atoms with van der Waals surface area (Å²) in [5.41, 5.74) is 3.26. The van der Waals surface area contributed by atoms with Crippen molar-refractivity contribution in [1.29, 1.82) is 5.26 Å². The largest absolute Gasteiger partial charge is 0.339 e. The normalized spacial score (nSPS) is 10.3. The number of hydrogen-bond donors (Lipinski definition) is 1. The standard InChI is InChI=1S/C17H14N6O2/c1-11-8-14(16(10-18)22(11)2)15-6-7-19-17(21-15)20-12-4-3-5-13(9-12)23(24)25/h3-9H,1-2H3,(H,19,20,21). The molecule has 0 atom stereocenters. The lowest BCUT2D eigenvalue weighted by molar-refractivity contribution is -0.384. The van der Waals surface area contributed by atoms with Crippen molar-refractivity contribution >= 4 is 17.3 Å². The number of rotatable bonds is 4. The molecule has 8 nitrogen and oxygen atoms in total. The maximum Gasteiger partial charge on any atom is 0.271 e. The number of hydrogen-bond acceptors (Lipinski definition) is 6. The van der Waals surface area contributed by atoms with Crippen molar-refractivity contribution < 1.29 is 4.92 Å². The van der Waals surface area contributed by atoms with Crippen LogP contribution in [-0.4, -0.2) is 19.5 Å². The Morgan fingerprint density at radius 3 is 2.84 bits per heavy atom. The van der Waals surface area contributed by atoms with Crippen LogP contribution in [0, 0.1) is 28.4 Å². The van der Waals surface area contributed by atoms with Gasteiger partial charge in [-0.2, -0.15) is 5.26 Å². The number of nitrogens with one attached hydrogen (secondary N) is 1. The van der Waals surface area contributed by atoms with E-state index in [4.69, 9.17) is 0 Å². The van der Waals surface area contributed by atoms with E-state index in [0.29, 0.717) is 28.6 Å². The van der Waals surface area contributed by atoms with Gasteiger partial charge in [0.2, 0.25) is 5.95 Å². The zero-order valence-electron chi connectivity index (χ0n) is 13.6. The van der Waals surface area contributed by atoms with Crippen LogP contribution >= 0.6 is 0 Å². The predicted octanol–water partition coefficient (Wildman–Crippen LogP) is 3.31. The second-order valence-corrected chi connectivity index (χ2v) is 5.42. The van der Waals surface area contributed by atoms with Gasteiger partial charge in [-0.15, -0.1) is 0 Å². The quantitative estimate of drug-likeness (QED) is 0.579. The van der Waals surface area contributed by atoms with Gasteiger partial charge in [-0.3, -0.25) is 10.1 Å². The van der Waals surface area contributed by atoms with Gasteiger partial charge in [0.15, 0.2) is 0 Å². The van der Waals surface area contributed by atoms with Gasteiger partial charge >= 0.3 is 0 Å². The van der Waals surface area contributed by atoms with E-state index in [1.54, 1.807) is 29.0 Å². The van der Waals surface area contributed by atoms with Crippen molar-refractivity contribution in [3.8, 4) is 17.3 Å². The number of nitrogens with zero attached hydrogens (tertiary/aromatic N) is 5. The molecule has 1 N–H and O–H groups in total. The van der Waals surface area contributed by atoms with Gasteiger partial charge < -0.3 is 9.88 Å². The Morgan fingerprint density at radius 1 is 1.32 bits per heavy atom. The molecule has 124 valence electrons. The van der Waals surface area contributed by atoms with Crippen LogP contribution in [-0.2, 0) is 7.05 Å². The lowest BCUT2D eigenvalue weighted by Gasteiger charge is -2.06. The molecule has 0 aliphatic heterocycles. The highest BCUT2D eigenvalue weighted by atomic mass is 16.6. The van der Waals surface area contributed by atoms with Crippen molar-refractivity contribution in [2.75, 3.05) is 5.32 Å². The number of non-ortho nitro benzene ring substituents is 1. The Morgan fingerprint density at radius 2 is 2.12 bits per heavy atom. The van der Waals surface area contributed by atoms with E-state index in [9.17, 15) is 15.4 Å². The fourth-order valence-corrected chi connectivity index (χ4v) is 2.46. The molecule has 3 aromatic rings. The third-order valence-corrected chi connectivity index (χ3v) is 3.82. The summed E-state index contributed by atoms with van der Waals surface area (Å²) in [6, 6.07) is 11.9. The van der Waals surface area contributed by atoms with Crippen molar-refractivity contribution in [3.63, 3.8) is 0 Å². The molecule has 0 spiro atoms. The van der Waals surface area contributed by atoms with Crippen LogP contribution in [0.3, 0.4) is 0 Å². The summed E-state index contributed by atoms with van der Waals surface area (Å²) in [6.07, 6.45) is 1.57. The lowest BCUT2D eigenvalue weighted by Crippen LogP contribution is -1.99. The van der Waals surface area contributed by atoms with Crippen LogP contribution in [0.4, 0.5) is 17.3 Å². The molecule has 3 rings (SSSR count). The maximum atomic E-state index is 10.9. The Labute approximate surface area is 143 Å². The highest BCUT2D eigenvalue weighted by Crippen LogP contribution is 2.26. The van der Waals surface area contributed by atoms with Gasteiger partial charge in [0.25, 0.3) is 5.69 Å². The number of nitro benzene ring substituents is 1. The van der Waals surface area contributed by atoms with Crippen molar-refractivity contribution in [3.05, 3.63) is 64.1 Å². The smallest absolute Gasteiger partial charge is 0.271 e. The summed E-state index contributed by atoms with van der Waals surface area (Å²) in [5, 5.41) is 23.2. The minimum Gasteiger partial charge on any atom is -0.339 e. The van der Waals surface area contributed by atoms with Gasteiger partial charge in [0, 0.05) is 42.3 Å². The molecule has 2 aromatic heterocycles. The first-order chi connectivity index (χ1) is 12.0. The number of aryl methyl sites for hydroxylation is 1. The summed E-state index contributed by atoms with van der Waals surface area (Å²) >= 11 is 0. The van der Waals surface area contributed by atoms with Gasteiger partial charge in [-0.25, -0.2) is 9.97 Å². The molecule has 0 radical (unpaired) electrons. The van der Waals surface area contributed by atoms with Crippen molar-refractivity contribution in [1.82, 2.24) is 14.5 Å². The summed E-state index contributed by atoms with van der Waals surface area (Å²) < 4.78 is 1.80. The molecular formula is C17H14N6O2. The van der Waals surface area contributed by atoms with E-state index >= 15 is 0 Å². The zero-order chi connectivity index (χ0) is 18.0. The van der Waals surface area contributed by atoms with E-state index in [2.05, 4.69) is 21.4 Å². The Hall–Kier alpha value is -3.73. The summed E-state index contributed by atoms with van der Waals surface area (Å²) in [6.45, 7) is 1.91. The molecular weight excluding hydrogens is 320 g/mol. The van der Waals surface area contributed by atoms with Gasteiger partial charge in [-0.1, -0.05) is 6.07 Å². The molecule has 1 aromatic carbocycles. The number of anilines is 2.